The van der Waals surface area contributed by atoms with E-state index in [0.29, 0.717) is 5.56 Å². The second-order valence-electron chi connectivity index (χ2n) is 2.38. The lowest BCUT2D eigenvalue weighted by molar-refractivity contribution is -0.297. The number of aliphatic carboxylic acids is 1. The highest BCUT2D eigenvalue weighted by Gasteiger charge is 1.97. The van der Waals surface area contributed by atoms with Crippen LogP contribution in [-0.4, -0.2) is 11.8 Å². The van der Waals surface area contributed by atoms with Crippen LogP contribution in [0.4, 0.5) is 0 Å². The van der Waals surface area contributed by atoms with Crippen LogP contribution in [0.3, 0.4) is 0 Å². The fraction of sp³-hybridized carbons (Fsp3) is 0. The zero-order valence-corrected chi connectivity index (χ0v) is 6.77. The summed E-state index contributed by atoms with van der Waals surface area (Å²) < 4.78 is 0. The number of hydrogen-bond donors (Lipinski definition) is 0. The zero-order valence-electron chi connectivity index (χ0n) is 6.77. The van der Waals surface area contributed by atoms with Crippen molar-refractivity contribution >= 4 is 11.8 Å². The number of benzene rings is 1. The molecule has 66 valence electrons. The quantitative estimate of drug-likeness (QED) is 0.486. The Balaban J connectivity index is 2.76. The zero-order chi connectivity index (χ0) is 9.68. The molecular formula is C10H7O3-. The Bertz CT molecular complexity index is 338. The number of hydrogen-bond acceptors (Lipinski definition) is 3. The van der Waals surface area contributed by atoms with Crippen molar-refractivity contribution in [1.82, 2.24) is 0 Å². The van der Waals surface area contributed by atoms with Crippen molar-refractivity contribution in [3.8, 4) is 0 Å². The first-order valence-electron chi connectivity index (χ1n) is 3.68. The standard InChI is InChI=1S/C10H8O3/c11-9(6-7-10(12)13)8-4-2-1-3-5-8/h1-7H,(H,12,13)/p-1/b7-6+. The van der Waals surface area contributed by atoms with Crippen molar-refractivity contribution in [2.24, 2.45) is 0 Å². The fourth-order valence-electron chi connectivity index (χ4n) is 0.842. The topological polar surface area (TPSA) is 57.2 Å². The monoisotopic (exact) mass is 175 g/mol. The summed E-state index contributed by atoms with van der Waals surface area (Å²) in [5.41, 5.74) is 0.458. The Kier molecular flexibility index (Phi) is 2.97. The van der Waals surface area contributed by atoms with Gasteiger partial charge in [-0.05, 0) is 12.2 Å². The number of carbonyl (C=O) groups excluding carboxylic acids is 2. The van der Waals surface area contributed by atoms with E-state index in [1.165, 1.54) is 0 Å². The summed E-state index contributed by atoms with van der Waals surface area (Å²) in [6, 6.07) is 8.42. The summed E-state index contributed by atoms with van der Waals surface area (Å²) in [4.78, 5) is 21.2. The van der Waals surface area contributed by atoms with E-state index in [1.807, 2.05) is 0 Å². The predicted octanol–water partition coefficient (Wildman–Crippen LogP) is 0.175. The Morgan fingerprint density at radius 3 is 2.23 bits per heavy atom. The van der Waals surface area contributed by atoms with Gasteiger partial charge in [0.2, 0.25) is 0 Å². The van der Waals surface area contributed by atoms with Crippen LogP contribution in [0, 0.1) is 0 Å². The molecule has 0 aliphatic rings. The molecule has 0 fully saturated rings. The molecule has 1 aromatic carbocycles. The van der Waals surface area contributed by atoms with Gasteiger partial charge < -0.3 is 9.90 Å². The van der Waals surface area contributed by atoms with Gasteiger partial charge in [-0.2, -0.15) is 0 Å². The minimum absolute atomic E-state index is 0.343. The molecule has 1 aromatic rings. The molecule has 0 heterocycles. The van der Waals surface area contributed by atoms with Crippen molar-refractivity contribution < 1.29 is 14.7 Å². The summed E-state index contributed by atoms with van der Waals surface area (Å²) >= 11 is 0. The van der Waals surface area contributed by atoms with E-state index in [4.69, 9.17) is 0 Å². The molecule has 0 spiro atoms. The first-order chi connectivity index (χ1) is 6.20. The highest BCUT2D eigenvalue weighted by Crippen LogP contribution is 2.00. The molecule has 13 heavy (non-hydrogen) atoms. The Labute approximate surface area is 75.3 Å². The second kappa shape index (κ2) is 4.21. The Morgan fingerprint density at radius 1 is 1.08 bits per heavy atom. The maximum absolute atomic E-state index is 11.2. The lowest BCUT2D eigenvalue weighted by Crippen LogP contribution is -2.19. The molecule has 0 unspecified atom stereocenters. The summed E-state index contributed by atoms with van der Waals surface area (Å²) in [5, 5.41) is 9.98. The average Bonchev–Trinajstić information content (AvgIpc) is 2.15. The highest BCUT2D eigenvalue weighted by molar-refractivity contribution is 6.06. The molecule has 0 atom stereocenters. The van der Waals surface area contributed by atoms with Gasteiger partial charge in [-0.3, -0.25) is 4.79 Å². The molecule has 0 aliphatic heterocycles. The normalized spacial score (nSPS) is 10.2. The Morgan fingerprint density at radius 2 is 1.69 bits per heavy atom. The largest absolute Gasteiger partial charge is 0.545 e. The van der Waals surface area contributed by atoms with E-state index >= 15 is 0 Å². The number of allylic oxidation sites excluding steroid dienone is 1. The molecule has 3 nitrogen and oxygen atoms in total. The lowest BCUT2D eigenvalue weighted by Gasteiger charge is -1.94. The molecule has 3 heteroatoms. The van der Waals surface area contributed by atoms with Gasteiger partial charge >= 0.3 is 0 Å². The molecule has 0 N–H and O–H groups in total. The molecule has 0 radical (unpaired) electrons. The molecule has 0 bridgehead atoms. The van der Waals surface area contributed by atoms with Crippen molar-refractivity contribution in [1.29, 1.82) is 0 Å². The maximum Gasteiger partial charge on any atom is 0.185 e. The SMILES string of the molecule is O=C([O-])/C=C/C(=O)c1ccccc1. The van der Waals surface area contributed by atoms with E-state index < -0.39 is 5.97 Å². The van der Waals surface area contributed by atoms with Gasteiger partial charge in [-0.15, -0.1) is 0 Å². The first kappa shape index (κ1) is 9.19. The third-order valence-electron chi connectivity index (χ3n) is 1.43. The van der Waals surface area contributed by atoms with Gasteiger partial charge in [0.15, 0.2) is 5.78 Å². The number of ketones is 1. The van der Waals surface area contributed by atoms with Gasteiger partial charge in [-0.1, -0.05) is 30.3 Å². The third-order valence-corrected chi connectivity index (χ3v) is 1.43. The molecule has 0 aliphatic carbocycles. The number of rotatable bonds is 3. The van der Waals surface area contributed by atoms with E-state index in [1.54, 1.807) is 30.3 Å². The highest BCUT2D eigenvalue weighted by atomic mass is 16.4. The number of carboxylic acids is 1. The van der Waals surface area contributed by atoms with Gasteiger partial charge in [0.05, 0.1) is 5.97 Å². The third kappa shape index (κ3) is 2.91. The van der Waals surface area contributed by atoms with Gasteiger partial charge in [-0.25, -0.2) is 0 Å². The minimum Gasteiger partial charge on any atom is -0.545 e. The van der Waals surface area contributed by atoms with E-state index in [2.05, 4.69) is 0 Å². The maximum atomic E-state index is 11.2. The van der Waals surface area contributed by atoms with Crippen LogP contribution in [0.5, 0.6) is 0 Å². The number of carboxylic acid groups (broad SMARTS) is 1. The molecular weight excluding hydrogens is 168 g/mol. The fourth-order valence-corrected chi connectivity index (χ4v) is 0.842. The minimum atomic E-state index is -1.37. The van der Waals surface area contributed by atoms with Crippen LogP contribution in [0.15, 0.2) is 42.5 Å². The Hall–Kier alpha value is -1.90. The molecule has 1 rings (SSSR count). The smallest absolute Gasteiger partial charge is 0.185 e. The van der Waals surface area contributed by atoms with Crippen LogP contribution in [-0.2, 0) is 4.79 Å². The number of carbonyl (C=O) groups is 2. The first-order valence-corrected chi connectivity index (χ1v) is 3.68. The van der Waals surface area contributed by atoms with Gasteiger partial charge in [0.25, 0.3) is 0 Å². The van der Waals surface area contributed by atoms with Crippen LogP contribution < -0.4 is 5.11 Å². The summed E-state index contributed by atoms with van der Waals surface area (Å²) in [7, 11) is 0. The molecule has 0 amide bonds. The molecule has 0 aromatic heterocycles. The van der Waals surface area contributed by atoms with Crippen LogP contribution >= 0.6 is 0 Å². The summed E-state index contributed by atoms with van der Waals surface area (Å²) in [6.45, 7) is 0. The molecule has 0 saturated carbocycles. The van der Waals surface area contributed by atoms with Gasteiger partial charge in [0, 0.05) is 5.56 Å². The van der Waals surface area contributed by atoms with Crippen molar-refractivity contribution in [2.45, 2.75) is 0 Å². The van der Waals surface area contributed by atoms with Crippen molar-refractivity contribution in [2.75, 3.05) is 0 Å². The summed E-state index contributed by atoms with van der Waals surface area (Å²) in [6.07, 6.45) is 1.69. The average molecular weight is 175 g/mol. The predicted molar refractivity (Wildman–Crippen MR) is 44.9 cm³/mol. The van der Waals surface area contributed by atoms with E-state index in [9.17, 15) is 14.7 Å². The second-order valence-corrected chi connectivity index (χ2v) is 2.38. The van der Waals surface area contributed by atoms with Crippen LogP contribution in [0.2, 0.25) is 0 Å². The van der Waals surface area contributed by atoms with E-state index in [0.717, 1.165) is 12.2 Å². The lowest BCUT2D eigenvalue weighted by atomic mass is 10.1. The van der Waals surface area contributed by atoms with Crippen LogP contribution in [0.25, 0.3) is 0 Å². The van der Waals surface area contributed by atoms with Crippen molar-refractivity contribution in [3.63, 3.8) is 0 Å². The van der Waals surface area contributed by atoms with Crippen LogP contribution in [0.1, 0.15) is 10.4 Å². The molecule has 0 saturated heterocycles. The van der Waals surface area contributed by atoms with Gasteiger partial charge in [0.1, 0.15) is 0 Å². The van der Waals surface area contributed by atoms with E-state index in [-0.39, 0.29) is 5.78 Å². The summed E-state index contributed by atoms with van der Waals surface area (Å²) in [5.74, 6) is -1.71. The van der Waals surface area contributed by atoms with Crippen molar-refractivity contribution in [3.05, 3.63) is 48.0 Å².